The summed E-state index contributed by atoms with van der Waals surface area (Å²) in [6, 6.07) is 1.48. The Morgan fingerprint density at radius 2 is 2.33 bits per heavy atom. The van der Waals surface area contributed by atoms with E-state index in [9.17, 15) is 9.59 Å². The standard InChI is InChI=1S/C12H17N3O3/c1-3-18-12(17)9-6-10(15-14-9)13-11(16)7(2)8-4-5-8/h6-8H,3-5H2,1-2H3,(H2,13,14,15,16). The van der Waals surface area contributed by atoms with Crippen molar-refractivity contribution >= 4 is 17.7 Å². The molecule has 0 aliphatic heterocycles. The Bertz CT molecular complexity index is 451. The fourth-order valence-corrected chi connectivity index (χ4v) is 1.75. The Labute approximate surface area is 105 Å². The SMILES string of the molecule is CCOC(=O)c1cc(NC(=O)C(C)C2CC2)n[nH]1. The number of carbonyl (C=O) groups excluding carboxylic acids is 2. The number of amides is 1. The molecule has 2 rings (SSSR count). The summed E-state index contributed by atoms with van der Waals surface area (Å²) >= 11 is 0. The van der Waals surface area contributed by atoms with E-state index in [-0.39, 0.29) is 17.5 Å². The molecule has 1 aromatic heterocycles. The van der Waals surface area contributed by atoms with Crippen LogP contribution in [0.5, 0.6) is 0 Å². The predicted octanol–water partition coefficient (Wildman–Crippen LogP) is 1.57. The van der Waals surface area contributed by atoms with Crippen LogP contribution in [0.2, 0.25) is 0 Å². The minimum absolute atomic E-state index is 0.00672. The van der Waals surface area contributed by atoms with Crippen molar-refractivity contribution in [3.05, 3.63) is 11.8 Å². The first-order valence-corrected chi connectivity index (χ1v) is 6.15. The molecule has 1 heterocycles. The summed E-state index contributed by atoms with van der Waals surface area (Å²) in [5.74, 6) is 0.317. The summed E-state index contributed by atoms with van der Waals surface area (Å²) in [5, 5.41) is 9.10. The molecule has 6 nitrogen and oxygen atoms in total. The average molecular weight is 251 g/mol. The van der Waals surface area contributed by atoms with E-state index in [0.717, 1.165) is 12.8 Å². The van der Waals surface area contributed by atoms with Crippen molar-refractivity contribution < 1.29 is 14.3 Å². The van der Waals surface area contributed by atoms with Crippen LogP contribution in [0.4, 0.5) is 5.82 Å². The van der Waals surface area contributed by atoms with Crippen molar-refractivity contribution in [2.24, 2.45) is 11.8 Å². The van der Waals surface area contributed by atoms with Crippen molar-refractivity contribution in [3.63, 3.8) is 0 Å². The van der Waals surface area contributed by atoms with Crippen molar-refractivity contribution in [1.82, 2.24) is 10.2 Å². The highest BCUT2D eigenvalue weighted by atomic mass is 16.5. The molecule has 0 radical (unpaired) electrons. The fourth-order valence-electron chi connectivity index (χ4n) is 1.75. The maximum atomic E-state index is 11.8. The minimum atomic E-state index is -0.472. The number of H-pyrrole nitrogens is 1. The predicted molar refractivity (Wildman–Crippen MR) is 65.1 cm³/mol. The molecule has 0 aromatic carbocycles. The summed E-state index contributed by atoms with van der Waals surface area (Å²) in [6.07, 6.45) is 2.23. The molecule has 1 saturated carbocycles. The first kappa shape index (κ1) is 12.6. The Hall–Kier alpha value is -1.85. The van der Waals surface area contributed by atoms with Crippen molar-refractivity contribution in [1.29, 1.82) is 0 Å². The minimum Gasteiger partial charge on any atom is -0.461 e. The van der Waals surface area contributed by atoms with Gasteiger partial charge >= 0.3 is 5.97 Å². The number of esters is 1. The maximum absolute atomic E-state index is 11.8. The highest BCUT2D eigenvalue weighted by molar-refractivity contribution is 5.94. The number of hydrogen-bond acceptors (Lipinski definition) is 4. The third kappa shape index (κ3) is 2.88. The van der Waals surface area contributed by atoms with Crippen LogP contribution < -0.4 is 5.32 Å². The summed E-state index contributed by atoms with van der Waals surface area (Å²) in [5.41, 5.74) is 0.242. The average Bonchev–Trinajstić information content (AvgIpc) is 3.09. The second-order valence-electron chi connectivity index (χ2n) is 4.50. The summed E-state index contributed by atoms with van der Waals surface area (Å²) in [7, 11) is 0. The molecule has 1 aromatic rings. The molecule has 1 unspecified atom stereocenters. The lowest BCUT2D eigenvalue weighted by Gasteiger charge is -2.08. The molecule has 2 N–H and O–H groups in total. The molecule has 1 fully saturated rings. The quantitative estimate of drug-likeness (QED) is 0.778. The van der Waals surface area contributed by atoms with Gasteiger partial charge in [0.05, 0.1) is 6.61 Å². The normalized spacial score (nSPS) is 16.1. The second kappa shape index (κ2) is 5.20. The molecule has 1 aliphatic rings. The number of nitrogens with one attached hydrogen (secondary N) is 2. The van der Waals surface area contributed by atoms with E-state index in [0.29, 0.717) is 18.3 Å². The van der Waals surface area contributed by atoms with Crippen molar-refractivity contribution in [3.8, 4) is 0 Å². The van der Waals surface area contributed by atoms with Crippen molar-refractivity contribution in [2.45, 2.75) is 26.7 Å². The van der Waals surface area contributed by atoms with Gasteiger partial charge in [-0.2, -0.15) is 5.10 Å². The monoisotopic (exact) mass is 251 g/mol. The molecular weight excluding hydrogens is 234 g/mol. The van der Waals surface area contributed by atoms with Gasteiger partial charge in [0.25, 0.3) is 0 Å². The zero-order valence-corrected chi connectivity index (χ0v) is 10.5. The molecule has 0 spiro atoms. The van der Waals surface area contributed by atoms with E-state index in [1.807, 2.05) is 6.92 Å². The topological polar surface area (TPSA) is 84.1 Å². The molecule has 1 aliphatic carbocycles. The van der Waals surface area contributed by atoms with Crippen LogP contribution in [0.15, 0.2) is 6.07 Å². The number of anilines is 1. The Balaban J connectivity index is 1.93. The van der Waals surface area contributed by atoms with Gasteiger partial charge in [0.15, 0.2) is 5.82 Å². The lowest BCUT2D eigenvalue weighted by Crippen LogP contribution is -2.21. The van der Waals surface area contributed by atoms with Gasteiger partial charge in [-0.15, -0.1) is 0 Å². The van der Waals surface area contributed by atoms with Crippen LogP contribution >= 0.6 is 0 Å². The second-order valence-corrected chi connectivity index (χ2v) is 4.50. The van der Waals surface area contributed by atoms with Crippen molar-refractivity contribution in [2.75, 3.05) is 11.9 Å². The van der Waals surface area contributed by atoms with E-state index in [1.54, 1.807) is 6.92 Å². The number of aromatic nitrogens is 2. The van der Waals surface area contributed by atoms with Gasteiger partial charge in [0, 0.05) is 12.0 Å². The number of aromatic amines is 1. The first-order chi connectivity index (χ1) is 8.61. The van der Waals surface area contributed by atoms with Crippen LogP contribution in [-0.4, -0.2) is 28.7 Å². The molecule has 0 bridgehead atoms. The zero-order valence-electron chi connectivity index (χ0n) is 10.5. The molecule has 0 saturated heterocycles. The number of ether oxygens (including phenoxy) is 1. The third-order valence-electron chi connectivity index (χ3n) is 3.07. The van der Waals surface area contributed by atoms with Gasteiger partial charge in [-0.3, -0.25) is 9.89 Å². The molecule has 98 valence electrons. The lowest BCUT2D eigenvalue weighted by molar-refractivity contribution is -0.119. The van der Waals surface area contributed by atoms with E-state index < -0.39 is 5.97 Å². The lowest BCUT2D eigenvalue weighted by atomic mass is 10.1. The summed E-state index contributed by atoms with van der Waals surface area (Å²) in [6.45, 7) is 3.94. The van der Waals surface area contributed by atoms with E-state index in [4.69, 9.17) is 4.74 Å². The highest BCUT2D eigenvalue weighted by Gasteiger charge is 2.32. The van der Waals surface area contributed by atoms with E-state index in [1.165, 1.54) is 6.07 Å². The van der Waals surface area contributed by atoms with E-state index in [2.05, 4.69) is 15.5 Å². The molecule has 1 atom stereocenters. The highest BCUT2D eigenvalue weighted by Crippen LogP contribution is 2.36. The molecule has 1 amide bonds. The number of nitrogens with zero attached hydrogens (tertiary/aromatic N) is 1. The molecule has 18 heavy (non-hydrogen) atoms. The summed E-state index contributed by atoms with van der Waals surface area (Å²) in [4.78, 5) is 23.2. The van der Waals surface area contributed by atoms with Gasteiger partial charge in [0.1, 0.15) is 5.69 Å². The molecular formula is C12H17N3O3. The van der Waals surface area contributed by atoms with Crippen LogP contribution in [0.1, 0.15) is 37.2 Å². The fraction of sp³-hybridized carbons (Fsp3) is 0.583. The molecule has 6 heteroatoms. The van der Waals surface area contributed by atoms with Crippen LogP contribution in [-0.2, 0) is 9.53 Å². The number of carbonyl (C=O) groups is 2. The van der Waals surface area contributed by atoms with Crippen LogP contribution in [0, 0.1) is 11.8 Å². The van der Waals surface area contributed by atoms with Gasteiger partial charge in [-0.25, -0.2) is 4.79 Å². The Kier molecular flexibility index (Phi) is 3.64. The van der Waals surface area contributed by atoms with Crippen LogP contribution in [0.3, 0.4) is 0 Å². The van der Waals surface area contributed by atoms with Gasteiger partial charge in [-0.05, 0) is 25.7 Å². The van der Waals surface area contributed by atoms with Crippen LogP contribution in [0.25, 0.3) is 0 Å². The largest absolute Gasteiger partial charge is 0.461 e. The van der Waals surface area contributed by atoms with E-state index >= 15 is 0 Å². The van der Waals surface area contributed by atoms with Gasteiger partial charge in [0.2, 0.25) is 5.91 Å². The maximum Gasteiger partial charge on any atom is 0.356 e. The smallest absolute Gasteiger partial charge is 0.356 e. The number of hydrogen-bond donors (Lipinski definition) is 2. The summed E-state index contributed by atoms with van der Waals surface area (Å²) < 4.78 is 4.82. The van der Waals surface area contributed by atoms with Gasteiger partial charge in [-0.1, -0.05) is 6.92 Å². The Morgan fingerprint density at radius 1 is 1.61 bits per heavy atom. The third-order valence-corrected chi connectivity index (χ3v) is 3.07. The van der Waals surface area contributed by atoms with Gasteiger partial charge < -0.3 is 10.1 Å². The number of rotatable bonds is 5. The Morgan fingerprint density at radius 3 is 2.94 bits per heavy atom. The zero-order chi connectivity index (χ0) is 13.1. The first-order valence-electron chi connectivity index (χ1n) is 6.15.